The number of benzene rings is 11. The van der Waals surface area contributed by atoms with Crippen LogP contribution in [0.3, 0.4) is 0 Å². The van der Waals surface area contributed by atoms with E-state index >= 15 is 0 Å². The highest BCUT2D eigenvalue weighted by atomic mass is 15.1. The van der Waals surface area contributed by atoms with Gasteiger partial charge in [0.2, 0.25) is 0 Å². The van der Waals surface area contributed by atoms with Gasteiger partial charge >= 0.3 is 0 Å². The van der Waals surface area contributed by atoms with E-state index in [1.165, 1.54) is 77.4 Å². The summed E-state index contributed by atoms with van der Waals surface area (Å²) in [6, 6.07) is 102. The molecule has 0 atom stereocenters. The van der Waals surface area contributed by atoms with E-state index in [0.29, 0.717) is 0 Å². The second-order valence-electron chi connectivity index (χ2n) is 18.1. The van der Waals surface area contributed by atoms with Gasteiger partial charge in [0.1, 0.15) is 0 Å². The van der Waals surface area contributed by atoms with Gasteiger partial charge in [0.05, 0.1) is 16.4 Å². The molecule has 12 aromatic rings. The molecule has 0 amide bonds. The molecule has 0 unspecified atom stereocenters. The Hall–Kier alpha value is -8.98. The molecule has 0 bridgehead atoms. The molecule has 1 aliphatic rings. The van der Waals surface area contributed by atoms with Crippen molar-refractivity contribution in [1.29, 1.82) is 0 Å². The first-order chi connectivity index (χ1) is 34.2. The number of anilines is 3. The zero-order valence-corrected chi connectivity index (χ0v) is 38.0. The van der Waals surface area contributed by atoms with Crippen LogP contribution in [0, 0.1) is 0 Å². The summed E-state index contributed by atoms with van der Waals surface area (Å²) in [5.74, 6) is 0. The zero-order chi connectivity index (χ0) is 45.7. The molecule has 1 aliphatic carbocycles. The van der Waals surface area contributed by atoms with Crippen molar-refractivity contribution < 1.29 is 0 Å². The smallest absolute Gasteiger partial charge is 0.0714 e. The van der Waals surface area contributed by atoms with Crippen LogP contribution < -0.4 is 4.90 Å². The molecule has 1 heterocycles. The lowest BCUT2D eigenvalue weighted by Gasteiger charge is -2.34. The summed E-state index contributed by atoms with van der Waals surface area (Å²) in [6.07, 6.45) is 0. The average Bonchev–Trinajstić information content (AvgIpc) is 3.92. The molecule has 0 saturated heterocycles. The van der Waals surface area contributed by atoms with Gasteiger partial charge in [-0.1, -0.05) is 212 Å². The van der Waals surface area contributed by atoms with E-state index in [1.807, 2.05) is 0 Å². The fourth-order valence-corrected chi connectivity index (χ4v) is 11.2. The van der Waals surface area contributed by atoms with Crippen LogP contribution in [0.1, 0.15) is 22.3 Å². The highest BCUT2D eigenvalue weighted by Gasteiger charge is 2.46. The summed E-state index contributed by atoms with van der Waals surface area (Å²) in [4.78, 5) is 2.40. The van der Waals surface area contributed by atoms with Crippen LogP contribution in [-0.2, 0) is 5.41 Å². The van der Waals surface area contributed by atoms with Crippen LogP contribution in [-0.4, -0.2) is 4.57 Å². The number of hydrogen-bond acceptors (Lipinski definition) is 1. The Kier molecular flexibility index (Phi) is 9.77. The van der Waals surface area contributed by atoms with Crippen molar-refractivity contribution in [2.45, 2.75) is 5.41 Å². The van der Waals surface area contributed by atoms with E-state index in [0.717, 1.165) is 33.9 Å². The molecule has 0 N–H and O–H groups in total. The Morgan fingerprint density at radius 2 is 0.783 bits per heavy atom. The van der Waals surface area contributed by atoms with Crippen LogP contribution in [0.5, 0.6) is 0 Å². The van der Waals surface area contributed by atoms with Crippen molar-refractivity contribution in [3.05, 3.63) is 301 Å². The number of rotatable bonds is 9. The van der Waals surface area contributed by atoms with Crippen LogP contribution in [0.2, 0.25) is 0 Å². The molecule has 2 heteroatoms. The molecule has 0 radical (unpaired) electrons. The second kappa shape index (κ2) is 16.7. The molecule has 13 rings (SSSR count). The maximum absolute atomic E-state index is 2.48. The first-order valence-electron chi connectivity index (χ1n) is 23.8. The van der Waals surface area contributed by atoms with Gasteiger partial charge in [-0.15, -0.1) is 0 Å². The molecule has 0 fully saturated rings. The van der Waals surface area contributed by atoms with Crippen LogP contribution in [0.15, 0.2) is 279 Å². The quantitative estimate of drug-likeness (QED) is 0.140. The molecule has 0 spiro atoms. The van der Waals surface area contributed by atoms with E-state index < -0.39 is 5.41 Å². The van der Waals surface area contributed by atoms with Gasteiger partial charge < -0.3 is 9.47 Å². The standard InChI is InChI=1S/C67H46N2/c1-6-21-47(22-7-1)51-41-52(48-23-8-2-9-24-48)44-58(43-51)68(55-30-14-5-15-31-55)56-32-20-25-49(42-56)50-37-39-62-61-34-17-19-36-65(61)69(66(62)45-50)57-38-40-60-59-33-16-18-35-63(59)67(64(60)46-57,53-26-10-3-11-27-53)54-28-12-4-13-29-54/h1-46H. The molecular weight excluding hydrogens is 833 g/mol. The fourth-order valence-electron chi connectivity index (χ4n) is 11.2. The summed E-state index contributed by atoms with van der Waals surface area (Å²) < 4.78 is 2.48. The minimum Gasteiger partial charge on any atom is -0.310 e. The molecule has 69 heavy (non-hydrogen) atoms. The first-order valence-corrected chi connectivity index (χ1v) is 23.8. The van der Waals surface area contributed by atoms with Crippen molar-refractivity contribution >= 4 is 38.9 Å². The minimum absolute atomic E-state index is 0.498. The number of para-hydroxylation sites is 2. The molecule has 0 aliphatic heterocycles. The molecule has 324 valence electrons. The molecule has 2 nitrogen and oxygen atoms in total. The predicted octanol–water partition coefficient (Wildman–Crippen LogP) is 17.6. The van der Waals surface area contributed by atoms with Gasteiger partial charge in [-0.3, -0.25) is 0 Å². The SMILES string of the molecule is c1ccc(-c2cc(-c3ccccc3)cc(N(c3ccccc3)c3cccc(-c4ccc5c6ccccc6n(-c6ccc7c(c6)C(c6ccccc6)(c6ccccc6)c6ccccc6-7)c5c4)c3)c2)cc1. The van der Waals surface area contributed by atoms with Gasteiger partial charge in [-0.05, 0) is 133 Å². The minimum atomic E-state index is -0.498. The largest absolute Gasteiger partial charge is 0.310 e. The van der Waals surface area contributed by atoms with Crippen molar-refractivity contribution in [2.24, 2.45) is 0 Å². The lowest BCUT2D eigenvalue weighted by atomic mass is 9.67. The van der Waals surface area contributed by atoms with E-state index in [2.05, 4.69) is 289 Å². The highest BCUT2D eigenvalue weighted by Crippen LogP contribution is 2.56. The summed E-state index contributed by atoms with van der Waals surface area (Å²) in [7, 11) is 0. The van der Waals surface area contributed by atoms with Gasteiger partial charge in [0.15, 0.2) is 0 Å². The van der Waals surface area contributed by atoms with E-state index in [4.69, 9.17) is 0 Å². The molecular formula is C67H46N2. The second-order valence-corrected chi connectivity index (χ2v) is 18.1. The number of aromatic nitrogens is 1. The monoisotopic (exact) mass is 878 g/mol. The van der Waals surface area contributed by atoms with Gasteiger partial charge in [0.25, 0.3) is 0 Å². The van der Waals surface area contributed by atoms with Crippen molar-refractivity contribution in [1.82, 2.24) is 4.57 Å². The summed E-state index contributed by atoms with van der Waals surface area (Å²) in [6.45, 7) is 0. The Balaban J connectivity index is 0.987. The Morgan fingerprint density at radius 3 is 1.46 bits per heavy atom. The summed E-state index contributed by atoms with van der Waals surface area (Å²) >= 11 is 0. The van der Waals surface area contributed by atoms with Gasteiger partial charge in [-0.25, -0.2) is 0 Å². The number of nitrogens with zero attached hydrogens (tertiary/aromatic N) is 2. The van der Waals surface area contributed by atoms with Gasteiger partial charge in [-0.2, -0.15) is 0 Å². The van der Waals surface area contributed by atoms with E-state index in [9.17, 15) is 0 Å². The lowest BCUT2D eigenvalue weighted by Crippen LogP contribution is -2.28. The Labute approximate surface area is 403 Å². The third-order valence-corrected chi connectivity index (χ3v) is 14.2. The fraction of sp³-hybridized carbons (Fsp3) is 0.0149. The van der Waals surface area contributed by atoms with Gasteiger partial charge in [0, 0.05) is 33.5 Å². The normalized spacial score (nSPS) is 12.5. The number of hydrogen-bond donors (Lipinski definition) is 0. The third kappa shape index (κ3) is 6.72. The summed E-state index contributed by atoms with van der Waals surface area (Å²) in [5, 5.41) is 2.46. The van der Waals surface area contributed by atoms with E-state index in [1.54, 1.807) is 0 Å². The van der Waals surface area contributed by atoms with Crippen molar-refractivity contribution in [3.8, 4) is 50.2 Å². The maximum atomic E-state index is 2.48. The van der Waals surface area contributed by atoms with Crippen molar-refractivity contribution in [2.75, 3.05) is 4.90 Å². The topological polar surface area (TPSA) is 8.17 Å². The number of fused-ring (bicyclic) bond motifs is 6. The maximum Gasteiger partial charge on any atom is 0.0714 e. The summed E-state index contributed by atoms with van der Waals surface area (Å²) in [5.41, 5.74) is 20.9. The third-order valence-electron chi connectivity index (χ3n) is 14.2. The Bertz CT molecular complexity index is 3720. The van der Waals surface area contributed by atoms with Crippen LogP contribution >= 0.6 is 0 Å². The molecule has 1 aromatic heterocycles. The van der Waals surface area contributed by atoms with Crippen LogP contribution in [0.25, 0.3) is 72.0 Å². The first kappa shape index (κ1) is 40.3. The average molecular weight is 879 g/mol. The molecule has 0 saturated carbocycles. The highest BCUT2D eigenvalue weighted by molar-refractivity contribution is 6.10. The van der Waals surface area contributed by atoms with Crippen LogP contribution in [0.4, 0.5) is 17.1 Å². The lowest BCUT2D eigenvalue weighted by molar-refractivity contribution is 0.767. The van der Waals surface area contributed by atoms with E-state index in [-0.39, 0.29) is 0 Å². The van der Waals surface area contributed by atoms with Crippen molar-refractivity contribution in [3.63, 3.8) is 0 Å². The predicted molar refractivity (Wildman–Crippen MR) is 289 cm³/mol. The molecule has 11 aromatic carbocycles. The Morgan fingerprint density at radius 1 is 0.275 bits per heavy atom. The zero-order valence-electron chi connectivity index (χ0n) is 38.0.